The zero-order valence-electron chi connectivity index (χ0n) is 16.3. The fourth-order valence-corrected chi connectivity index (χ4v) is 4.15. The van der Waals surface area contributed by atoms with Crippen LogP contribution >= 0.6 is 11.8 Å². The topological polar surface area (TPSA) is 35.5 Å². The lowest BCUT2D eigenvalue weighted by atomic mass is 10.0. The Hall–Kier alpha value is -2.72. The van der Waals surface area contributed by atoms with Gasteiger partial charge in [0.2, 0.25) is 0 Å². The van der Waals surface area contributed by atoms with Crippen LogP contribution in [0.5, 0.6) is 11.5 Å². The summed E-state index contributed by atoms with van der Waals surface area (Å²) in [7, 11) is 3.25. The highest BCUT2D eigenvalue weighted by Crippen LogP contribution is 2.41. The van der Waals surface area contributed by atoms with Crippen LogP contribution in [0.15, 0.2) is 77.7 Å². The number of methoxy groups -OCH3 is 2. The zero-order chi connectivity index (χ0) is 19.9. The van der Waals surface area contributed by atoms with Crippen LogP contribution in [0.2, 0.25) is 0 Å². The third-order valence-corrected chi connectivity index (χ3v) is 5.80. The monoisotopic (exact) mass is 392 g/mol. The van der Waals surface area contributed by atoms with E-state index in [1.54, 1.807) is 26.0 Å². The van der Waals surface area contributed by atoms with Gasteiger partial charge in [-0.15, -0.1) is 11.8 Å². The van der Waals surface area contributed by atoms with Crippen LogP contribution in [0.1, 0.15) is 33.2 Å². The van der Waals surface area contributed by atoms with Crippen LogP contribution in [0.3, 0.4) is 0 Å². The molecule has 0 saturated carbocycles. The van der Waals surface area contributed by atoms with Gasteiger partial charge in [-0.3, -0.25) is 4.79 Å². The molecule has 0 aliphatic carbocycles. The molecule has 144 valence electrons. The summed E-state index contributed by atoms with van der Waals surface area (Å²) in [5, 5.41) is 0.00750. The number of carbonyl (C=O) groups excluding carboxylic acids is 1. The molecule has 3 rings (SSSR count). The highest BCUT2D eigenvalue weighted by Gasteiger charge is 2.19. The van der Waals surface area contributed by atoms with E-state index in [2.05, 4.69) is 12.1 Å². The highest BCUT2D eigenvalue weighted by molar-refractivity contribution is 7.99. The maximum Gasteiger partial charge on any atom is 0.164 e. The summed E-state index contributed by atoms with van der Waals surface area (Å²) in [6.45, 7) is 2.02. The molecule has 0 aliphatic rings. The Kier molecular flexibility index (Phi) is 6.77. The molecule has 0 heterocycles. The summed E-state index contributed by atoms with van der Waals surface area (Å²) < 4.78 is 10.7. The van der Waals surface area contributed by atoms with Gasteiger partial charge < -0.3 is 9.47 Å². The molecule has 0 amide bonds. The molecular weight excluding hydrogens is 368 g/mol. The number of ether oxygens (including phenoxy) is 2. The molecule has 0 saturated heterocycles. The van der Waals surface area contributed by atoms with Gasteiger partial charge in [0, 0.05) is 22.1 Å². The average molecular weight is 393 g/mol. The second-order valence-corrected chi connectivity index (χ2v) is 7.80. The fraction of sp³-hybridized carbons (Fsp3) is 0.208. The Labute approximate surface area is 170 Å². The Morgan fingerprint density at radius 1 is 0.893 bits per heavy atom. The number of ketones is 1. The SMILES string of the molecule is COc1ccc(S[C@H](CC(=O)c2ccc(C)cc2)c2ccccc2)cc1OC. The maximum absolute atomic E-state index is 12.9. The molecule has 1 atom stereocenters. The van der Waals surface area contributed by atoms with E-state index in [0.29, 0.717) is 17.9 Å². The smallest absolute Gasteiger partial charge is 0.164 e. The van der Waals surface area contributed by atoms with Gasteiger partial charge in [-0.05, 0) is 30.7 Å². The Morgan fingerprint density at radius 2 is 1.57 bits per heavy atom. The van der Waals surface area contributed by atoms with Crippen molar-refractivity contribution in [1.82, 2.24) is 0 Å². The summed E-state index contributed by atoms with van der Waals surface area (Å²) in [5.74, 6) is 1.52. The Balaban J connectivity index is 1.85. The van der Waals surface area contributed by atoms with Crippen molar-refractivity contribution in [2.45, 2.75) is 23.5 Å². The lowest BCUT2D eigenvalue weighted by Gasteiger charge is -2.18. The van der Waals surface area contributed by atoms with E-state index in [1.165, 1.54) is 0 Å². The number of carbonyl (C=O) groups is 1. The normalized spacial score (nSPS) is 11.7. The number of thioether (sulfide) groups is 1. The largest absolute Gasteiger partial charge is 0.493 e. The summed E-state index contributed by atoms with van der Waals surface area (Å²) in [6.07, 6.45) is 0.423. The Bertz CT molecular complexity index is 920. The predicted molar refractivity (Wildman–Crippen MR) is 115 cm³/mol. The van der Waals surface area contributed by atoms with E-state index in [9.17, 15) is 4.79 Å². The summed E-state index contributed by atoms with van der Waals surface area (Å²) in [5.41, 5.74) is 3.03. The van der Waals surface area contributed by atoms with E-state index < -0.39 is 0 Å². The van der Waals surface area contributed by atoms with Crippen molar-refractivity contribution < 1.29 is 14.3 Å². The van der Waals surface area contributed by atoms with Gasteiger partial charge in [-0.2, -0.15) is 0 Å². The lowest BCUT2D eigenvalue weighted by Crippen LogP contribution is -2.05. The van der Waals surface area contributed by atoms with Crippen molar-refractivity contribution in [3.8, 4) is 11.5 Å². The van der Waals surface area contributed by atoms with Crippen molar-refractivity contribution in [2.75, 3.05) is 14.2 Å². The first-order chi connectivity index (χ1) is 13.6. The molecule has 0 spiro atoms. The summed E-state index contributed by atoms with van der Waals surface area (Å²) >= 11 is 1.66. The maximum atomic E-state index is 12.9. The van der Waals surface area contributed by atoms with Gasteiger partial charge in [-0.25, -0.2) is 0 Å². The fourth-order valence-electron chi connectivity index (χ4n) is 2.98. The third kappa shape index (κ3) is 4.96. The third-order valence-electron chi connectivity index (χ3n) is 4.55. The quantitative estimate of drug-likeness (QED) is 0.342. The second kappa shape index (κ2) is 9.47. The molecule has 28 heavy (non-hydrogen) atoms. The van der Waals surface area contributed by atoms with E-state index in [4.69, 9.17) is 9.47 Å². The standard InChI is InChI=1S/C24H24O3S/c1-17-9-11-18(12-10-17)21(25)16-24(19-7-5-4-6-8-19)28-20-13-14-22(26-2)23(15-20)27-3/h4-15,24H,16H2,1-3H3/t24-/m1/s1. The first-order valence-corrected chi connectivity index (χ1v) is 10.0. The van der Waals surface area contributed by atoms with Crippen LogP contribution in [-0.2, 0) is 0 Å². The minimum atomic E-state index is 0.00750. The van der Waals surface area contributed by atoms with Gasteiger partial charge >= 0.3 is 0 Å². The van der Waals surface area contributed by atoms with E-state index in [-0.39, 0.29) is 11.0 Å². The molecule has 0 aliphatic heterocycles. The number of aryl methyl sites for hydroxylation is 1. The van der Waals surface area contributed by atoms with Gasteiger partial charge in [0.1, 0.15) is 0 Å². The molecular formula is C24H24O3S. The molecule has 0 bridgehead atoms. The zero-order valence-corrected chi connectivity index (χ0v) is 17.2. The number of hydrogen-bond acceptors (Lipinski definition) is 4. The van der Waals surface area contributed by atoms with Crippen LogP contribution in [0, 0.1) is 6.92 Å². The first kappa shape index (κ1) is 20.0. The summed E-state index contributed by atoms with van der Waals surface area (Å²) in [4.78, 5) is 13.9. The van der Waals surface area contributed by atoms with Crippen LogP contribution in [0.4, 0.5) is 0 Å². The number of rotatable bonds is 8. The van der Waals surface area contributed by atoms with Crippen molar-refractivity contribution in [3.05, 3.63) is 89.5 Å². The molecule has 0 aromatic heterocycles. The van der Waals surface area contributed by atoms with E-state index in [0.717, 1.165) is 21.6 Å². The molecule has 0 N–H and O–H groups in total. The van der Waals surface area contributed by atoms with Gasteiger partial charge in [0.15, 0.2) is 17.3 Å². The summed E-state index contributed by atoms with van der Waals surface area (Å²) in [6, 6.07) is 23.8. The minimum absolute atomic E-state index is 0.00750. The average Bonchev–Trinajstić information content (AvgIpc) is 2.74. The predicted octanol–water partition coefficient (Wildman–Crippen LogP) is 6.12. The van der Waals surface area contributed by atoms with Crippen molar-refractivity contribution in [2.24, 2.45) is 0 Å². The molecule has 0 unspecified atom stereocenters. The van der Waals surface area contributed by atoms with Crippen molar-refractivity contribution in [1.29, 1.82) is 0 Å². The molecule has 3 nitrogen and oxygen atoms in total. The highest BCUT2D eigenvalue weighted by atomic mass is 32.2. The Morgan fingerprint density at radius 3 is 2.21 bits per heavy atom. The van der Waals surface area contributed by atoms with E-state index in [1.807, 2.05) is 67.6 Å². The first-order valence-electron chi connectivity index (χ1n) is 9.14. The minimum Gasteiger partial charge on any atom is -0.493 e. The second-order valence-electron chi connectivity index (χ2n) is 6.53. The van der Waals surface area contributed by atoms with Gasteiger partial charge in [-0.1, -0.05) is 60.2 Å². The van der Waals surface area contributed by atoms with Gasteiger partial charge in [0.25, 0.3) is 0 Å². The van der Waals surface area contributed by atoms with Crippen LogP contribution in [0.25, 0.3) is 0 Å². The molecule has 3 aromatic carbocycles. The van der Waals surface area contributed by atoms with Crippen LogP contribution < -0.4 is 9.47 Å². The van der Waals surface area contributed by atoms with E-state index >= 15 is 0 Å². The lowest BCUT2D eigenvalue weighted by molar-refractivity contribution is 0.0982. The number of Topliss-reactive ketones (excluding diaryl/α,β-unsaturated/α-hetero) is 1. The number of hydrogen-bond donors (Lipinski definition) is 0. The molecule has 0 fully saturated rings. The number of benzene rings is 3. The van der Waals surface area contributed by atoms with Crippen LogP contribution in [-0.4, -0.2) is 20.0 Å². The van der Waals surface area contributed by atoms with Crippen molar-refractivity contribution in [3.63, 3.8) is 0 Å². The molecule has 3 aromatic rings. The molecule has 4 heteroatoms. The van der Waals surface area contributed by atoms with Crippen molar-refractivity contribution >= 4 is 17.5 Å². The molecule has 0 radical (unpaired) electrons. The van der Waals surface area contributed by atoms with Gasteiger partial charge in [0.05, 0.1) is 14.2 Å².